The second-order valence-electron chi connectivity index (χ2n) is 4.20. The minimum atomic E-state index is -0.491. The van der Waals surface area contributed by atoms with Gasteiger partial charge in [-0.2, -0.15) is 11.8 Å². The zero-order valence-electron chi connectivity index (χ0n) is 10.2. The van der Waals surface area contributed by atoms with Gasteiger partial charge >= 0.3 is 5.69 Å². The van der Waals surface area contributed by atoms with Gasteiger partial charge in [-0.05, 0) is 18.6 Å². The summed E-state index contributed by atoms with van der Waals surface area (Å²) >= 11 is 1.95. The molecular weight excluding hydrogens is 252 g/mol. The summed E-state index contributed by atoms with van der Waals surface area (Å²) in [5, 5.41) is 14.4. The van der Waals surface area contributed by atoms with Gasteiger partial charge in [0.2, 0.25) is 5.95 Å². The van der Waals surface area contributed by atoms with Crippen molar-refractivity contribution in [3.8, 4) is 0 Å². The van der Waals surface area contributed by atoms with Gasteiger partial charge in [-0.3, -0.25) is 10.1 Å². The molecule has 0 spiro atoms. The Bertz CT molecular complexity index is 412. The summed E-state index contributed by atoms with van der Waals surface area (Å²) in [6.07, 6.45) is 6.02. The zero-order valence-corrected chi connectivity index (χ0v) is 11.0. The summed E-state index contributed by atoms with van der Waals surface area (Å²) in [5.41, 5.74) is -0.0774. The Morgan fingerprint density at radius 3 is 2.83 bits per heavy atom. The number of rotatable bonds is 5. The van der Waals surface area contributed by atoms with E-state index in [1.54, 1.807) is 0 Å². The molecule has 1 N–H and O–H groups in total. The molecule has 7 heteroatoms. The lowest BCUT2D eigenvalue weighted by molar-refractivity contribution is -0.385. The lowest BCUT2D eigenvalue weighted by atomic mass is 10.2. The Morgan fingerprint density at radius 2 is 2.22 bits per heavy atom. The fourth-order valence-corrected chi connectivity index (χ4v) is 3.36. The average Bonchev–Trinajstić information content (AvgIpc) is 2.78. The van der Waals surface area contributed by atoms with Crippen LogP contribution in [0, 0.1) is 10.1 Å². The van der Waals surface area contributed by atoms with E-state index < -0.39 is 4.92 Å². The van der Waals surface area contributed by atoms with E-state index in [0.717, 1.165) is 12.2 Å². The van der Waals surface area contributed by atoms with E-state index in [1.807, 2.05) is 11.8 Å². The molecular formula is C11H16N4O2S. The quantitative estimate of drug-likeness (QED) is 0.652. The van der Waals surface area contributed by atoms with Crippen LogP contribution in [0.4, 0.5) is 11.6 Å². The van der Waals surface area contributed by atoms with Crippen LogP contribution in [0.15, 0.2) is 12.4 Å². The first kappa shape index (κ1) is 13.1. The predicted octanol–water partition coefficient (Wildman–Crippen LogP) is 2.47. The maximum absolute atomic E-state index is 10.5. The van der Waals surface area contributed by atoms with Gasteiger partial charge in [0.05, 0.1) is 4.92 Å². The van der Waals surface area contributed by atoms with E-state index in [1.165, 1.54) is 25.2 Å². The van der Waals surface area contributed by atoms with Crippen LogP contribution in [0.5, 0.6) is 0 Å². The molecule has 1 saturated carbocycles. The van der Waals surface area contributed by atoms with Crippen molar-refractivity contribution in [2.75, 3.05) is 11.1 Å². The van der Waals surface area contributed by atoms with Crippen LogP contribution < -0.4 is 5.32 Å². The van der Waals surface area contributed by atoms with Crippen molar-refractivity contribution < 1.29 is 4.92 Å². The number of aromatic nitrogens is 2. The molecule has 0 saturated heterocycles. The standard InChI is InChI=1S/C11H16N4O2S/c1-2-18-10-5-3-4-9(10)14-11-12-6-8(7-13-11)15(16)17/h6-7,9-10H,2-5H2,1H3,(H,12,13,14). The van der Waals surface area contributed by atoms with Crippen molar-refractivity contribution in [3.63, 3.8) is 0 Å². The van der Waals surface area contributed by atoms with Gasteiger partial charge in [0.1, 0.15) is 12.4 Å². The third kappa shape index (κ3) is 3.10. The van der Waals surface area contributed by atoms with Gasteiger partial charge in [-0.1, -0.05) is 13.3 Å². The van der Waals surface area contributed by atoms with Crippen molar-refractivity contribution in [2.45, 2.75) is 37.5 Å². The highest BCUT2D eigenvalue weighted by molar-refractivity contribution is 7.99. The number of nitrogens with one attached hydrogen (secondary N) is 1. The highest BCUT2D eigenvalue weighted by Gasteiger charge is 2.27. The molecule has 1 aliphatic carbocycles. The summed E-state index contributed by atoms with van der Waals surface area (Å²) in [7, 11) is 0. The first-order chi connectivity index (χ1) is 8.70. The molecule has 0 amide bonds. The summed E-state index contributed by atoms with van der Waals surface area (Å²) < 4.78 is 0. The van der Waals surface area contributed by atoms with E-state index in [9.17, 15) is 10.1 Å². The Kier molecular flexibility index (Phi) is 4.35. The second kappa shape index (κ2) is 5.99. The Labute approximate surface area is 110 Å². The molecule has 2 unspecified atom stereocenters. The number of hydrogen-bond acceptors (Lipinski definition) is 6. The third-order valence-electron chi connectivity index (χ3n) is 3.00. The molecule has 98 valence electrons. The molecule has 0 bridgehead atoms. The smallest absolute Gasteiger partial charge is 0.305 e. The van der Waals surface area contributed by atoms with Crippen molar-refractivity contribution in [2.24, 2.45) is 0 Å². The molecule has 0 aliphatic heterocycles. The minimum Gasteiger partial charge on any atom is -0.350 e. The van der Waals surface area contributed by atoms with E-state index >= 15 is 0 Å². The van der Waals surface area contributed by atoms with Crippen molar-refractivity contribution in [1.82, 2.24) is 9.97 Å². The van der Waals surface area contributed by atoms with E-state index in [-0.39, 0.29) is 5.69 Å². The summed E-state index contributed by atoms with van der Waals surface area (Å²) in [6, 6.07) is 0.372. The van der Waals surface area contributed by atoms with Gasteiger partial charge in [0.25, 0.3) is 0 Å². The number of nitrogens with zero attached hydrogens (tertiary/aromatic N) is 3. The average molecular weight is 268 g/mol. The first-order valence-electron chi connectivity index (χ1n) is 6.05. The summed E-state index contributed by atoms with van der Waals surface area (Å²) in [4.78, 5) is 18.0. The Morgan fingerprint density at radius 1 is 1.50 bits per heavy atom. The molecule has 0 radical (unpaired) electrons. The lowest BCUT2D eigenvalue weighted by Gasteiger charge is -2.19. The van der Waals surface area contributed by atoms with Crippen LogP contribution in [-0.2, 0) is 0 Å². The molecule has 0 aromatic carbocycles. The van der Waals surface area contributed by atoms with Crippen LogP contribution in [0.2, 0.25) is 0 Å². The van der Waals surface area contributed by atoms with Gasteiger partial charge in [0, 0.05) is 11.3 Å². The number of anilines is 1. The Hall–Kier alpha value is -1.37. The number of nitro groups is 1. The first-order valence-corrected chi connectivity index (χ1v) is 7.10. The molecule has 2 rings (SSSR count). The number of thioether (sulfide) groups is 1. The van der Waals surface area contributed by atoms with E-state index in [0.29, 0.717) is 17.2 Å². The van der Waals surface area contributed by atoms with E-state index in [2.05, 4.69) is 22.2 Å². The summed E-state index contributed by atoms with van der Waals surface area (Å²) in [5.74, 6) is 1.58. The molecule has 1 heterocycles. The van der Waals surface area contributed by atoms with E-state index in [4.69, 9.17) is 0 Å². The largest absolute Gasteiger partial charge is 0.350 e. The fraction of sp³-hybridized carbons (Fsp3) is 0.636. The SMILES string of the molecule is CCSC1CCCC1Nc1ncc([N+](=O)[O-])cn1. The van der Waals surface area contributed by atoms with Gasteiger partial charge in [-0.25, -0.2) is 9.97 Å². The molecule has 1 aromatic heterocycles. The molecule has 1 aromatic rings. The molecule has 1 aliphatic rings. The monoisotopic (exact) mass is 268 g/mol. The maximum atomic E-state index is 10.5. The predicted molar refractivity (Wildman–Crippen MR) is 71.9 cm³/mol. The van der Waals surface area contributed by atoms with Crippen molar-refractivity contribution in [1.29, 1.82) is 0 Å². The van der Waals surface area contributed by atoms with Crippen LogP contribution in [0.3, 0.4) is 0 Å². The van der Waals surface area contributed by atoms with Gasteiger partial charge < -0.3 is 5.32 Å². The lowest BCUT2D eigenvalue weighted by Crippen LogP contribution is -2.27. The third-order valence-corrected chi connectivity index (χ3v) is 4.32. The van der Waals surface area contributed by atoms with Gasteiger partial charge in [-0.15, -0.1) is 0 Å². The number of hydrogen-bond donors (Lipinski definition) is 1. The Balaban J connectivity index is 1.98. The van der Waals surface area contributed by atoms with Crippen LogP contribution in [0.25, 0.3) is 0 Å². The topological polar surface area (TPSA) is 81.0 Å². The maximum Gasteiger partial charge on any atom is 0.305 e. The van der Waals surface area contributed by atoms with Crippen LogP contribution >= 0.6 is 11.8 Å². The van der Waals surface area contributed by atoms with Crippen LogP contribution in [0.1, 0.15) is 26.2 Å². The van der Waals surface area contributed by atoms with Gasteiger partial charge in [0.15, 0.2) is 0 Å². The zero-order chi connectivity index (χ0) is 13.0. The minimum absolute atomic E-state index is 0.0774. The fourth-order valence-electron chi connectivity index (χ4n) is 2.16. The second-order valence-corrected chi connectivity index (χ2v) is 5.71. The van der Waals surface area contributed by atoms with Crippen LogP contribution in [-0.4, -0.2) is 31.9 Å². The molecule has 1 fully saturated rings. The molecule has 6 nitrogen and oxygen atoms in total. The normalized spacial score (nSPS) is 22.9. The highest BCUT2D eigenvalue weighted by atomic mass is 32.2. The van der Waals surface area contributed by atoms with Crippen molar-refractivity contribution in [3.05, 3.63) is 22.5 Å². The van der Waals surface area contributed by atoms with Crippen molar-refractivity contribution >= 4 is 23.4 Å². The molecule has 2 atom stereocenters. The highest BCUT2D eigenvalue weighted by Crippen LogP contribution is 2.31. The summed E-state index contributed by atoms with van der Waals surface area (Å²) in [6.45, 7) is 2.16. The molecule has 18 heavy (non-hydrogen) atoms.